The summed E-state index contributed by atoms with van der Waals surface area (Å²) in [7, 11) is 0. The van der Waals surface area contributed by atoms with Crippen LogP contribution >= 0.6 is 0 Å². The lowest BCUT2D eigenvalue weighted by atomic mass is 9.81. The highest BCUT2D eigenvalue weighted by Gasteiger charge is 2.64. The first kappa shape index (κ1) is 30.7. The number of hydrogen-bond donors (Lipinski definition) is 4. The van der Waals surface area contributed by atoms with Crippen LogP contribution in [0.4, 0.5) is 13.2 Å². The number of phenolic OH excluding ortho intramolecular Hbond substituents is 1. The molecule has 1 fully saturated rings. The molecule has 0 saturated carbocycles. The van der Waals surface area contributed by atoms with Crippen LogP contribution in [-0.2, 0) is 16.0 Å². The van der Waals surface area contributed by atoms with Crippen molar-refractivity contribution in [1.82, 2.24) is 15.5 Å². The summed E-state index contributed by atoms with van der Waals surface area (Å²) in [5.41, 5.74) is -0.787. The van der Waals surface area contributed by atoms with E-state index in [1.807, 2.05) is 0 Å². The molecule has 1 heterocycles. The van der Waals surface area contributed by atoms with E-state index >= 15 is 8.78 Å². The molecule has 2 aromatic carbocycles. The Morgan fingerprint density at radius 2 is 1.88 bits per heavy atom. The van der Waals surface area contributed by atoms with Gasteiger partial charge in [0.15, 0.2) is 6.10 Å². The van der Waals surface area contributed by atoms with Crippen LogP contribution in [0.1, 0.15) is 40.9 Å². The zero-order valence-corrected chi connectivity index (χ0v) is 22.8. The van der Waals surface area contributed by atoms with Crippen molar-refractivity contribution in [2.24, 2.45) is 5.41 Å². The number of aliphatic hydroxyl groups excluding tert-OH is 1. The van der Waals surface area contributed by atoms with Crippen LogP contribution in [0.2, 0.25) is 0 Å². The van der Waals surface area contributed by atoms with Gasteiger partial charge in [-0.1, -0.05) is 32.1 Å². The van der Waals surface area contributed by atoms with Crippen molar-refractivity contribution in [2.75, 3.05) is 13.1 Å². The highest BCUT2D eigenvalue weighted by Crippen LogP contribution is 2.48. The van der Waals surface area contributed by atoms with E-state index in [4.69, 9.17) is 0 Å². The summed E-state index contributed by atoms with van der Waals surface area (Å²) in [5.74, 6) is -7.01. The van der Waals surface area contributed by atoms with Crippen LogP contribution in [-0.4, -0.2) is 70.0 Å². The van der Waals surface area contributed by atoms with Gasteiger partial charge in [0.25, 0.3) is 17.7 Å². The Labute approximate surface area is 230 Å². The number of halogens is 3. The molecule has 0 radical (unpaired) electrons. The maximum Gasteiger partial charge on any atom is 0.272 e. The van der Waals surface area contributed by atoms with E-state index in [1.54, 1.807) is 6.92 Å². The summed E-state index contributed by atoms with van der Waals surface area (Å²) in [5, 5.41) is 26.4. The van der Waals surface area contributed by atoms with Crippen molar-refractivity contribution in [3.8, 4) is 5.75 Å². The number of aryl methyl sites for hydroxylation is 1. The predicted octanol–water partition coefficient (Wildman–Crippen LogP) is 3.02. The van der Waals surface area contributed by atoms with Gasteiger partial charge in [-0.25, -0.2) is 13.2 Å². The number of hydrogen-bond acceptors (Lipinski definition) is 5. The number of carbonyl (C=O) groups is 3. The highest BCUT2D eigenvalue weighted by molar-refractivity contribution is 5.97. The molecule has 3 amide bonds. The minimum absolute atomic E-state index is 0.0253. The molecule has 2 unspecified atom stereocenters. The Balaban J connectivity index is 1.99. The average Bonchev–Trinajstić information content (AvgIpc) is 3.06. The summed E-state index contributed by atoms with van der Waals surface area (Å²) in [4.78, 5) is 40.4. The molecule has 1 saturated heterocycles. The van der Waals surface area contributed by atoms with E-state index in [0.717, 1.165) is 19.9 Å². The fraction of sp³-hybridized carbons (Fsp3) is 0.414. The number of nitrogens with one attached hydrogen (secondary N) is 2. The fourth-order valence-corrected chi connectivity index (χ4v) is 4.87. The molecule has 40 heavy (non-hydrogen) atoms. The molecule has 8 nitrogen and oxygen atoms in total. The Hall–Kier alpha value is -3.86. The van der Waals surface area contributed by atoms with Crippen molar-refractivity contribution in [1.29, 1.82) is 0 Å². The predicted molar refractivity (Wildman–Crippen MR) is 142 cm³/mol. The molecule has 1 aliphatic heterocycles. The van der Waals surface area contributed by atoms with E-state index in [9.17, 15) is 29.0 Å². The maximum absolute atomic E-state index is 15.1. The van der Waals surface area contributed by atoms with Crippen LogP contribution in [0.15, 0.2) is 49.1 Å². The fourth-order valence-electron chi connectivity index (χ4n) is 4.87. The van der Waals surface area contributed by atoms with Gasteiger partial charge in [-0.15, -0.1) is 6.58 Å². The van der Waals surface area contributed by atoms with Crippen molar-refractivity contribution in [2.45, 2.75) is 58.2 Å². The molecule has 0 aromatic heterocycles. The molecule has 2 aromatic rings. The number of nitrogens with zero attached hydrogens (tertiary/aromatic N) is 1. The second kappa shape index (κ2) is 11.7. The Morgan fingerprint density at radius 3 is 2.50 bits per heavy atom. The van der Waals surface area contributed by atoms with E-state index in [1.165, 1.54) is 43.3 Å². The third kappa shape index (κ3) is 6.14. The third-order valence-electron chi connectivity index (χ3n) is 7.32. The van der Waals surface area contributed by atoms with Crippen LogP contribution in [0.5, 0.6) is 5.75 Å². The lowest BCUT2D eigenvalue weighted by molar-refractivity contribution is -0.148. The normalized spacial score (nSPS) is 19.0. The van der Waals surface area contributed by atoms with Gasteiger partial charge in [0.2, 0.25) is 5.91 Å². The first-order valence-electron chi connectivity index (χ1n) is 12.7. The molecule has 0 bridgehead atoms. The summed E-state index contributed by atoms with van der Waals surface area (Å²) in [6.45, 7) is 7.80. The van der Waals surface area contributed by atoms with Crippen LogP contribution < -0.4 is 10.6 Å². The zero-order chi connectivity index (χ0) is 30.0. The second-order valence-corrected chi connectivity index (χ2v) is 10.6. The molecule has 0 aliphatic carbocycles. The summed E-state index contributed by atoms with van der Waals surface area (Å²) in [6, 6.07) is 5.19. The van der Waals surface area contributed by atoms with Crippen molar-refractivity contribution >= 4 is 17.7 Å². The molecule has 1 aliphatic rings. The molecular formula is C29H34F3N3O5. The van der Waals surface area contributed by atoms with Gasteiger partial charge in [-0.05, 0) is 55.7 Å². The molecular weight excluding hydrogens is 527 g/mol. The van der Waals surface area contributed by atoms with Gasteiger partial charge in [-0.2, -0.15) is 0 Å². The molecule has 11 heteroatoms. The molecule has 3 rings (SSSR count). The smallest absolute Gasteiger partial charge is 0.272 e. The third-order valence-corrected chi connectivity index (χ3v) is 7.32. The SMILES string of the molecule is C=CCNC(=O)[C@H]1N(C(=O)C(O)C(Cc2cccc(F)c2)NC(=O)c2cc(C)cc(O)c2C)CC(F)(F)C1(C)C. The molecule has 216 valence electrons. The minimum Gasteiger partial charge on any atom is -0.508 e. The average molecular weight is 562 g/mol. The first-order chi connectivity index (χ1) is 18.6. The van der Waals surface area contributed by atoms with Crippen molar-refractivity contribution < 1.29 is 37.8 Å². The van der Waals surface area contributed by atoms with E-state index in [-0.39, 0.29) is 29.8 Å². The van der Waals surface area contributed by atoms with Crippen LogP contribution in [0.25, 0.3) is 0 Å². The van der Waals surface area contributed by atoms with E-state index in [2.05, 4.69) is 17.2 Å². The van der Waals surface area contributed by atoms with Gasteiger partial charge < -0.3 is 25.7 Å². The topological polar surface area (TPSA) is 119 Å². The largest absolute Gasteiger partial charge is 0.508 e. The lowest BCUT2D eigenvalue weighted by Crippen LogP contribution is -2.57. The number of aromatic hydroxyl groups is 1. The van der Waals surface area contributed by atoms with Gasteiger partial charge in [0, 0.05) is 17.7 Å². The number of aliphatic hydroxyl groups is 1. The van der Waals surface area contributed by atoms with Gasteiger partial charge in [-0.3, -0.25) is 14.4 Å². The Morgan fingerprint density at radius 1 is 1.20 bits per heavy atom. The summed E-state index contributed by atoms with van der Waals surface area (Å²) in [6.07, 6.45) is -0.964. The second-order valence-electron chi connectivity index (χ2n) is 10.6. The quantitative estimate of drug-likeness (QED) is 0.351. The van der Waals surface area contributed by atoms with Gasteiger partial charge in [0.1, 0.15) is 17.6 Å². The monoisotopic (exact) mass is 561 g/mol. The Kier molecular flexibility index (Phi) is 8.98. The van der Waals surface area contributed by atoms with Crippen LogP contribution in [0.3, 0.4) is 0 Å². The zero-order valence-electron chi connectivity index (χ0n) is 22.8. The minimum atomic E-state index is -3.48. The standard InChI is InChI=1S/C29H34F3N3O5/c1-6-10-33-26(39)24-28(4,5)29(31,32)15-35(24)27(40)23(37)21(14-18-8-7-9-19(30)13-18)34-25(38)20-11-16(2)12-22(36)17(20)3/h6-9,11-13,21,23-24,36-37H,1,10,14-15H2,2-5H3,(H,33,39)(H,34,38)/t21?,23?,24-/m1/s1. The Bertz CT molecular complexity index is 1310. The summed E-state index contributed by atoms with van der Waals surface area (Å²) < 4.78 is 44.0. The summed E-state index contributed by atoms with van der Waals surface area (Å²) >= 11 is 0. The number of phenols is 1. The van der Waals surface area contributed by atoms with E-state index in [0.29, 0.717) is 16.0 Å². The molecule has 3 atom stereocenters. The van der Waals surface area contributed by atoms with Crippen molar-refractivity contribution in [3.63, 3.8) is 0 Å². The highest BCUT2D eigenvalue weighted by atomic mass is 19.3. The first-order valence-corrected chi connectivity index (χ1v) is 12.7. The van der Waals surface area contributed by atoms with Crippen molar-refractivity contribution in [3.05, 3.63) is 77.1 Å². The van der Waals surface area contributed by atoms with Gasteiger partial charge in [0.05, 0.1) is 18.0 Å². The van der Waals surface area contributed by atoms with E-state index < -0.39 is 59.6 Å². The number of amides is 3. The molecule has 4 N–H and O–H groups in total. The number of carbonyl (C=O) groups excluding carboxylic acids is 3. The number of likely N-dealkylation sites (tertiary alicyclic amines) is 1. The number of benzene rings is 2. The van der Waals surface area contributed by atoms with Gasteiger partial charge >= 0.3 is 0 Å². The van der Waals surface area contributed by atoms with Crippen LogP contribution in [0, 0.1) is 25.1 Å². The molecule has 0 spiro atoms. The number of alkyl halides is 2. The lowest BCUT2D eigenvalue weighted by Gasteiger charge is -2.34. The number of rotatable bonds is 9. The maximum atomic E-state index is 15.1.